The van der Waals surface area contributed by atoms with Gasteiger partial charge in [-0.05, 0) is 29.8 Å². The van der Waals surface area contributed by atoms with E-state index in [9.17, 15) is 13.6 Å². The average Bonchev–Trinajstić information content (AvgIpc) is 2.85. The molecule has 109 valence electrons. The van der Waals surface area contributed by atoms with Crippen LogP contribution in [0.25, 0.3) is 23.1 Å². The van der Waals surface area contributed by atoms with Crippen LogP contribution in [0.3, 0.4) is 0 Å². The van der Waals surface area contributed by atoms with Gasteiger partial charge in [-0.1, -0.05) is 18.2 Å². The minimum absolute atomic E-state index is 0.266. The molecule has 2 N–H and O–H groups in total. The van der Waals surface area contributed by atoms with Crippen LogP contribution in [0.1, 0.15) is 11.3 Å². The van der Waals surface area contributed by atoms with Crippen LogP contribution in [-0.4, -0.2) is 15.8 Å². The number of rotatable bonds is 2. The quantitative estimate of drug-likeness (QED) is 0.789. The highest BCUT2D eigenvalue weighted by Crippen LogP contribution is 2.21. The van der Waals surface area contributed by atoms with E-state index in [1.54, 1.807) is 24.3 Å². The van der Waals surface area contributed by atoms with E-state index in [2.05, 4.69) is 11.2 Å². The molecule has 0 aliphatic carbocycles. The molecule has 0 atom stereocenters. The van der Waals surface area contributed by atoms with Gasteiger partial charge < -0.3 is 5.73 Å². The van der Waals surface area contributed by atoms with Gasteiger partial charge in [0.25, 0.3) is 0 Å². The van der Waals surface area contributed by atoms with Crippen LogP contribution < -0.4 is 5.73 Å². The van der Waals surface area contributed by atoms with Gasteiger partial charge in [0.1, 0.15) is 11.6 Å². The van der Waals surface area contributed by atoms with Crippen molar-refractivity contribution in [2.75, 3.05) is 0 Å². The second-order valence-corrected chi connectivity index (χ2v) is 4.60. The lowest BCUT2D eigenvalue weighted by atomic mass is 10.1. The van der Waals surface area contributed by atoms with Crippen LogP contribution in [0.5, 0.6) is 0 Å². The Bertz CT molecular complexity index is 882. The predicted octanol–water partition coefficient (Wildman–Crippen LogP) is 3.21. The summed E-state index contributed by atoms with van der Waals surface area (Å²) in [7, 11) is 0. The largest absolute Gasteiger partial charge is 0.350 e. The number of halogens is 2. The third-order valence-corrected chi connectivity index (χ3v) is 3.12. The van der Waals surface area contributed by atoms with Crippen LogP contribution in [-0.2, 0) is 0 Å². The Balaban J connectivity index is 2.07. The molecule has 6 heteroatoms. The van der Waals surface area contributed by atoms with E-state index < -0.39 is 11.8 Å². The van der Waals surface area contributed by atoms with Crippen LogP contribution in [0.15, 0.2) is 36.4 Å². The molecule has 22 heavy (non-hydrogen) atoms. The summed E-state index contributed by atoms with van der Waals surface area (Å²) in [5, 5.41) is 4.60. The minimum Gasteiger partial charge on any atom is -0.350 e. The van der Waals surface area contributed by atoms with Gasteiger partial charge in [-0.15, -0.1) is 0 Å². The summed E-state index contributed by atoms with van der Waals surface area (Å²) in [6.07, 6.45) is 3.34. The molecule has 1 aromatic heterocycles. The van der Waals surface area contributed by atoms with Crippen molar-refractivity contribution in [3.05, 3.63) is 65.4 Å². The molecule has 0 bridgehead atoms. The van der Waals surface area contributed by atoms with Gasteiger partial charge in [0, 0.05) is 17.5 Å². The molecular weight excluding hydrogens is 288 g/mol. The Morgan fingerprint density at radius 1 is 1.23 bits per heavy atom. The number of carbonyl (C=O) groups is 1. The number of amides is 1. The molecular formula is C16H10F2N3O. The molecule has 0 aliphatic heterocycles. The number of fused-ring (bicyclic) bond motifs is 1. The first-order chi connectivity index (χ1) is 10.5. The van der Waals surface area contributed by atoms with Gasteiger partial charge in [-0.2, -0.15) is 9.78 Å². The van der Waals surface area contributed by atoms with E-state index in [1.165, 1.54) is 18.2 Å². The zero-order valence-corrected chi connectivity index (χ0v) is 11.3. The second kappa shape index (κ2) is 5.40. The Morgan fingerprint density at radius 3 is 2.64 bits per heavy atom. The van der Waals surface area contributed by atoms with Gasteiger partial charge in [-0.25, -0.2) is 13.6 Å². The maximum atomic E-state index is 13.3. The fourth-order valence-electron chi connectivity index (χ4n) is 2.09. The summed E-state index contributed by atoms with van der Waals surface area (Å²) >= 11 is 0. The second-order valence-electron chi connectivity index (χ2n) is 4.60. The molecule has 1 heterocycles. The molecule has 0 spiro atoms. The number of aromatic nitrogens is 2. The van der Waals surface area contributed by atoms with Gasteiger partial charge in [0.2, 0.25) is 0 Å². The maximum absolute atomic E-state index is 13.3. The van der Waals surface area contributed by atoms with E-state index in [0.29, 0.717) is 11.1 Å². The van der Waals surface area contributed by atoms with E-state index in [1.807, 2.05) is 0 Å². The molecule has 4 nitrogen and oxygen atoms in total. The zero-order valence-electron chi connectivity index (χ0n) is 11.3. The monoisotopic (exact) mass is 298 g/mol. The summed E-state index contributed by atoms with van der Waals surface area (Å²) in [6.45, 7) is 0. The van der Waals surface area contributed by atoms with E-state index in [0.717, 1.165) is 16.3 Å². The molecule has 0 fully saturated rings. The number of nitrogens with zero attached hydrogens (tertiary/aromatic N) is 2. The number of carbonyl (C=O) groups excluding carboxylic acids is 1. The van der Waals surface area contributed by atoms with Crippen molar-refractivity contribution in [3.63, 3.8) is 0 Å². The van der Waals surface area contributed by atoms with Gasteiger partial charge in [0.05, 0.1) is 11.2 Å². The van der Waals surface area contributed by atoms with Crippen molar-refractivity contribution in [3.8, 4) is 0 Å². The van der Waals surface area contributed by atoms with Gasteiger partial charge >= 0.3 is 6.03 Å². The fraction of sp³-hybridized carbons (Fsp3) is 0. The summed E-state index contributed by atoms with van der Waals surface area (Å²) in [5.41, 5.74) is 6.69. The molecule has 0 aliphatic rings. The van der Waals surface area contributed by atoms with Gasteiger partial charge in [0.15, 0.2) is 0 Å². The third kappa shape index (κ3) is 2.58. The molecule has 0 saturated heterocycles. The molecule has 1 radical (unpaired) electrons. The molecule has 3 aromatic rings. The van der Waals surface area contributed by atoms with Crippen LogP contribution >= 0.6 is 0 Å². The normalized spacial score (nSPS) is 11.4. The number of primary amides is 1. The average molecular weight is 298 g/mol. The smallest absolute Gasteiger partial charge is 0.340 e. The van der Waals surface area contributed by atoms with Crippen LogP contribution in [0, 0.1) is 17.7 Å². The summed E-state index contributed by atoms with van der Waals surface area (Å²) in [5.74, 6) is -0.936. The Kier molecular flexibility index (Phi) is 3.42. The summed E-state index contributed by atoms with van der Waals surface area (Å²) in [4.78, 5) is 11.4. The van der Waals surface area contributed by atoms with E-state index in [4.69, 9.17) is 5.73 Å². The lowest BCUT2D eigenvalue weighted by Crippen LogP contribution is -2.20. The third-order valence-electron chi connectivity index (χ3n) is 3.12. The van der Waals surface area contributed by atoms with Crippen molar-refractivity contribution in [1.82, 2.24) is 9.78 Å². The van der Waals surface area contributed by atoms with Crippen molar-refractivity contribution in [2.45, 2.75) is 0 Å². The zero-order chi connectivity index (χ0) is 15.7. The molecule has 0 saturated carbocycles. The number of hydrogen-bond acceptors (Lipinski definition) is 2. The lowest BCUT2D eigenvalue weighted by molar-refractivity contribution is 0.248. The van der Waals surface area contributed by atoms with Crippen molar-refractivity contribution >= 4 is 29.1 Å². The Labute approximate surface area is 124 Å². The van der Waals surface area contributed by atoms with E-state index in [-0.39, 0.29) is 11.3 Å². The first kappa shape index (κ1) is 13.9. The molecule has 2 aromatic carbocycles. The highest BCUT2D eigenvalue weighted by atomic mass is 19.1. The van der Waals surface area contributed by atoms with Crippen molar-refractivity contribution < 1.29 is 13.6 Å². The topological polar surface area (TPSA) is 60.9 Å². The first-order valence-electron chi connectivity index (χ1n) is 6.38. The lowest BCUT2D eigenvalue weighted by Gasteiger charge is -1.95. The fourth-order valence-corrected chi connectivity index (χ4v) is 2.09. The number of nitrogens with two attached hydrogens (primary N) is 1. The maximum Gasteiger partial charge on any atom is 0.340 e. The van der Waals surface area contributed by atoms with E-state index >= 15 is 0 Å². The first-order valence-corrected chi connectivity index (χ1v) is 6.38. The minimum atomic E-state index is -0.808. The predicted molar refractivity (Wildman–Crippen MR) is 78.8 cm³/mol. The van der Waals surface area contributed by atoms with Gasteiger partial charge in [-0.3, -0.25) is 0 Å². The Morgan fingerprint density at radius 2 is 1.95 bits per heavy atom. The molecule has 1 amide bonds. The van der Waals surface area contributed by atoms with Crippen molar-refractivity contribution in [2.24, 2.45) is 5.73 Å². The van der Waals surface area contributed by atoms with Crippen LogP contribution in [0.4, 0.5) is 13.6 Å². The summed E-state index contributed by atoms with van der Waals surface area (Å²) < 4.78 is 27.1. The SMILES string of the molecule is NC(=O)n1nc(C=Cc2ccc(F)cc2)c2c[c]c(F)cc21. The van der Waals surface area contributed by atoms with Crippen LogP contribution in [0.2, 0.25) is 0 Å². The Hall–Kier alpha value is -3.02. The van der Waals surface area contributed by atoms with Crippen molar-refractivity contribution in [1.29, 1.82) is 0 Å². The number of hydrogen-bond donors (Lipinski definition) is 1. The highest BCUT2D eigenvalue weighted by molar-refractivity contribution is 5.95. The summed E-state index contributed by atoms with van der Waals surface area (Å²) in [6, 6.07) is 10.0. The highest BCUT2D eigenvalue weighted by Gasteiger charge is 2.12. The molecule has 3 rings (SSSR count). The molecule has 0 unspecified atom stereocenters. The number of benzene rings is 2. The standard InChI is InChI=1S/C16H10F2N3O/c17-11-4-1-10(2-5-11)3-8-14-13-7-6-12(18)9-15(13)21(20-14)16(19)22/h1-5,7-9H,(H2,19,22).